The zero-order chi connectivity index (χ0) is 25.2. The fourth-order valence-corrected chi connectivity index (χ4v) is 5.52. The van der Waals surface area contributed by atoms with Crippen molar-refractivity contribution < 1.29 is 23.9 Å². The number of nitrogens with zero attached hydrogens (tertiary/aromatic N) is 2. The molecule has 3 aliphatic rings. The highest BCUT2D eigenvalue weighted by Gasteiger charge is 2.65. The van der Waals surface area contributed by atoms with Crippen molar-refractivity contribution in [2.24, 2.45) is 17.3 Å². The highest BCUT2D eigenvalue weighted by atomic mass is 16.5. The van der Waals surface area contributed by atoms with Crippen LogP contribution in [0.3, 0.4) is 0 Å². The minimum absolute atomic E-state index is 0.0815. The van der Waals surface area contributed by atoms with Crippen molar-refractivity contribution >= 4 is 40.8 Å². The first-order valence-electron chi connectivity index (χ1n) is 11.7. The Morgan fingerprint density at radius 1 is 0.943 bits per heavy atom. The normalized spacial score (nSPS) is 24.8. The summed E-state index contributed by atoms with van der Waals surface area (Å²) >= 11 is 0. The summed E-state index contributed by atoms with van der Waals surface area (Å²) in [4.78, 5) is 56.2. The van der Waals surface area contributed by atoms with Gasteiger partial charge in [-0.2, -0.15) is 0 Å². The third-order valence-corrected chi connectivity index (χ3v) is 7.25. The van der Waals surface area contributed by atoms with E-state index in [9.17, 15) is 19.2 Å². The van der Waals surface area contributed by atoms with Gasteiger partial charge >= 0.3 is 0 Å². The Kier molecular flexibility index (Phi) is 5.20. The Morgan fingerprint density at radius 3 is 2.20 bits per heavy atom. The molecule has 7 heteroatoms. The molecule has 0 aromatic heterocycles. The molecule has 2 saturated heterocycles. The number of methoxy groups -OCH3 is 1. The Labute approximate surface area is 204 Å². The van der Waals surface area contributed by atoms with Crippen LogP contribution in [0.1, 0.15) is 43.6 Å². The summed E-state index contributed by atoms with van der Waals surface area (Å²) in [5, 5.41) is 0. The molecular weight excluding hydrogens is 444 g/mol. The maximum Gasteiger partial charge on any atom is 0.240 e. The fourth-order valence-electron chi connectivity index (χ4n) is 5.52. The van der Waals surface area contributed by atoms with Crippen LogP contribution in [0.5, 0.6) is 5.75 Å². The zero-order valence-electron chi connectivity index (χ0n) is 20.4. The van der Waals surface area contributed by atoms with E-state index in [-0.39, 0.29) is 23.4 Å². The van der Waals surface area contributed by atoms with Gasteiger partial charge in [0.2, 0.25) is 11.8 Å². The van der Waals surface area contributed by atoms with Crippen LogP contribution in [0.15, 0.2) is 48.5 Å². The minimum atomic E-state index is -0.801. The average Bonchev–Trinajstić information content (AvgIpc) is 3.30. The maximum absolute atomic E-state index is 13.8. The molecule has 180 valence electrons. The second kappa shape index (κ2) is 7.90. The van der Waals surface area contributed by atoms with Gasteiger partial charge in [-0.05, 0) is 49.4 Å². The first-order chi connectivity index (χ1) is 16.5. The number of carbonyl (C=O) groups is 4. The number of ether oxygens (including phenoxy) is 1. The van der Waals surface area contributed by atoms with Crippen LogP contribution in [0.2, 0.25) is 0 Å². The number of anilines is 2. The van der Waals surface area contributed by atoms with Gasteiger partial charge < -0.3 is 9.64 Å². The van der Waals surface area contributed by atoms with E-state index in [4.69, 9.17) is 4.74 Å². The molecule has 3 heterocycles. The third kappa shape index (κ3) is 3.40. The summed E-state index contributed by atoms with van der Waals surface area (Å²) in [6, 6.07) is 10.9. The number of hydrogen-bond acceptors (Lipinski definition) is 6. The van der Waals surface area contributed by atoms with Crippen LogP contribution >= 0.6 is 0 Å². The highest BCUT2D eigenvalue weighted by molar-refractivity contribution is 6.25. The van der Waals surface area contributed by atoms with E-state index in [2.05, 4.69) is 0 Å². The lowest BCUT2D eigenvalue weighted by atomic mass is 9.79. The van der Waals surface area contributed by atoms with Crippen molar-refractivity contribution in [1.29, 1.82) is 0 Å². The van der Waals surface area contributed by atoms with Crippen molar-refractivity contribution in [3.63, 3.8) is 0 Å². The van der Waals surface area contributed by atoms with E-state index >= 15 is 0 Å². The molecule has 2 aromatic rings. The third-order valence-electron chi connectivity index (χ3n) is 7.25. The summed E-state index contributed by atoms with van der Waals surface area (Å²) < 4.78 is 5.36. The van der Waals surface area contributed by atoms with Crippen LogP contribution in [-0.4, -0.2) is 42.6 Å². The number of ketones is 2. The van der Waals surface area contributed by atoms with Gasteiger partial charge in [0.15, 0.2) is 11.6 Å². The number of hydrogen-bond donors (Lipinski definition) is 0. The second-order valence-corrected chi connectivity index (χ2v) is 10.4. The van der Waals surface area contributed by atoms with Crippen LogP contribution < -0.4 is 14.5 Å². The van der Waals surface area contributed by atoms with Crippen LogP contribution in [-0.2, 0) is 14.4 Å². The number of amides is 2. The summed E-state index contributed by atoms with van der Waals surface area (Å²) in [5.41, 5.74) is 1.90. The van der Waals surface area contributed by atoms with Crippen molar-refractivity contribution in [1.82, 2.24) is 0 Å². The minimum Gasteiger partial charge on any atom is -0.497 e. The summed E-state index contributed by atoms with van der Waals surface area (Å²) in [7, 11) is 1.60. The lowest BCUT2D eigenvalue weighted by molar-refractivity contribution is -0.132. The average molecular weight is 473 g/mol. The van der Waals surface area contributed by atoms with Gasteiger partial charge in [0, 0.05) is 22.2 Å². The molecular formula is C28H28N2O5. The molecule has 2 amide bonds. The van der Waals surface area contributed by atoms with Gasteiger partial charge in [0.05, 0.1) is 30.7 Å². The first-order valence-corrected chi connectivity index (χ1v) is 11.7. The molecule has 0 aliphatic carbocycles. The Morgan fingerprint density at radius 2 is 1.60 bits per heavy atom. The molecule has 7 nitrogen and oxygen atoms in total. The highest BCUT2D eigenvalue weighted by Crippen LogP contribution is 2.50. The Hall–Kier alpha value is -3.74. The Bertz CT molecular complexity index is 1290. The maximum atomic E-state index is 13.8. The largest absolute Gasteiger partial charge is 0.497 e. The quantitative estimate of drug-likeness (QED) is 0.496. The zero-order valence-corrected chi connectivity index (χ0v) is 20.4. The van der Waals surface area contributed by atoms with Crippen LogP contribution in [0.4, 0.5) is 11.4 Å². The lowest BCUT2D eigenvalue weighted by Gasteiger charge is -2.38. The van der Waals surface area contributed by atoms with Crippen molar-refractivity contribution in [3.05, 3.63) is 59.7 Å². The van der Waals surface area contributed by atoms with Crippen molar-refractivity contribution in [3.8, 4) is 5.75 Å². The molecule has 0 bridgehead atoms. The molecule has 0 unspecified atom stereocenters. The van der Waals surface area contributed by atoms with E-state index < -0.39 is 29.3 Å². The molecule has 0 N–H and O–H groups in total. The molecule has 0 saturated carbocycles. The number of Topliss-reactive ketones (excluding diaryl/α,β-unsaturated/α-hetero) is 2. The van der Waals surface area contributed by atoms with E-state index in [0.29, 0.717) is 17.0 Å². The summed E-state index contributed by atoms with van der Waals surface area (Å²) in [6.45, 7) is 6.98. The second-order valence-electron chi connectivity index (χ2n) is 10.4. The number of rotatable bonds is 4. The monoisotopic (exact) mass is 472 g/mol. The topological polar surface area (TPSA) is 84.0 Å². The number of imide groups is 1. The standard InChI is InChI=1S/C28H28N2O5/c1-15(31)16-6-9-18(10-7-16)29-26(33)22-21-12-8-17-14-19(35-5)11-13-20(17)30(21)24(23(22)27(29)34)25(32)28(2,3)4/h6-14,21-24H,1-5H3/t21-,22+,23+,24-/m1/s1. The molecule has 5 rings (SSSR count). The molecule has 0 radical (unpaired) electrons. The van der Waals surface area contributed by atoms with Crippen molar-refractivity contribution in [2.45, 2.75) is 39.8 Å². The predicted octanol–water partition coefficient (Wildman–Crippen LogP) is 3.90. The molecule has 3 aliphatic heterocycles. The first kappa shape index (κ1) is 23.0. The number of benzene rings is 2. The van der Waals surface area contributed by atoms with Crippen LogP contribution in [0, 0.1) is 17.3 Å². The molecule has 35 heavy (non-hydrogen) atoms. The summed E-state index contributed by atoms with van der Waals surface area (Å²) in [5.74, 6) is -1.67. The van der Waals surface area contributed by atoms with E-state index in [1.165, 1.54) is 11.8 Å². The van der Waals surface area contributed by atoms with Gasteiger partial charge in [0.25, 0.3) is 0 Å². The van der Waals surface area contributed by atoms with Crippen LogP contribution in [0.25, 0.3) is 6.08 Å². The fraction of sp³-hybridized carbons (Fsp3) is 0.357. The summed E-state index contributed by atoms with van der Waals surface area (Å²) in [6.07, 6.45) is 3.85. The molecule has 0 spiro atoms. The molecule has 4 atom stereocenters. The van der Waals surface area contributed by atoms with Gasteiger partial charge in [-0.15, -0.1) is 0 Å². The van der Waals surface area contributed by atoms with Gasteiger partial charge in [-0.25, -0.2) is 4.90 Å². The number of carbonyl (C=O) groups excluding carboxylic acids is 4. The smallest absolute Gasteiger partial charge is 0.240 e. The molecule has 2 aromatic carbocycles. The van der Waals surface area contributed by atoms with Gasteiger partial charge in [0.1, 0.15) is 11.8 Å². The lowest BCUT2D eigenvalue weighted by Crippen LogP contribution is -2.51. The number of fused-ring (bicyclic) bond motifs is 5. The SMILES string of the molecule is COc1ccc2c(c1)C=C[C@@H]1[C@@H]3C(=O)N(c4ccc(C(C)=O)cc4)C(=O)[C@@H]3[C@H](C(=O)C(C)(C)C)N21. The van der Waals surface area contributed by atoms with Gasteiger partial charge in [-0.3, -0.25) is 19.2 Å². The Balaban J connectivity index is 1.61. The van der Waals surface area contributed by atoms with E-state index in [1.54, 1.807) is 31.4 Å². The van der Waals surface area contributed by atoms with E-state index in [1.807, 2.05) is 56.0 Å². The van der Waals surface area contributed by atoms with Gasteiger partial charge in [-0.1, -0.05) is 32.9 Å². The van der Waals surface area contributed by atoms with Crippen molar-refractivity contribution in [2.75, 3.05) is 16.9 Å². The molecule has 2 fully saturated rings. The van der Waals surface area contributed by atoms with E-state index in [0.717, 1.165) is 11.3 Å². The predicted molar refractivity (Wildman–Crippen MR) is 132 cm³/mol.